The summed E-state index contributed by atoms with van der Waals surface area (Å²) in [5.41, 5.74) is 1.70. The van der Waals surface area contributed by atoms with E-state index in [9.17, 15) is 9.59 Å². The highest BCUT2D eigenvalue weighted by atomic mass is 16.5. The van der Waals surface area contributed by atoms with Crippen molar-refractivity contribution in [3.05, 3.63) is 24.1 Å². The number of benzene rings is 1. The van der Waals surface area contributed by atoms with Gasteiger partial charge < -0.3 is 19.4 Å². The second-order valence-corrected chi connectivity index (χ2v) is 8.02. The average molecular weight is 371 g/mol. The van der Waals surface area contributed by atoms with E-state index in [2.05, 4.69) is 24.1 Å². The number of carbonyl (C=O) groups excluding carboxylic acids is 2. The number of hydrogen-bond acceptors (Lipinski definition) is 5. The second-order valence-electron chi connectivity index (χ2n) is 8.02. The van der Waals surface area contributed by atoms with Crippen molar-refractivity contribution in [1.82, 2.24) is 9.88 Å². The van der Waals surface area contributed by atoms with Gasteiger partial charge in [0.05, 0.1) is 6.10 Å². The molecule has 0 bridgehead atoms. The van der Waals surface area contributed by atoms with Gasteiger partial charge in [0.1, 0.15) is 5.52 Å². The zero-order chi connectivity index (χ0) is 19.3. The molecule has 144 valence electrons. The lowest BCUT2D eigenvalue weighted by Gasteiger charge is -2.57. The van der Waals surface area contributed by atoms with E-state index < -0.39 is 11.8 Å². The van der Waals surface area contributed by atoms with Gasteiger partial charge in [0.15, 0.2) is 11.5 Å². The molecule has 1 aromatic heterocycles. The molecule has 7 heteroatoms. The Bertz CT molecular complexity index is 904. The summed E-state index contributed by atoms with van der Waals surface area (Å²) >= 11 is 0. The van der Waals surface area contributed by atoms with Crippen molar-refractivity contribution >= 4 is 28.6 Å². The molecule has 1 saturated heterocycles. The summed E-state index contributed by atoms with van der Waals surface area (Å²) in [5, 5.41) is 2.69. The molecule has 1 aromatic carbocycles. The second kappa shape index (κ2) is 6.34. The molecule has 1 N–H and O–H groups in total. The van der Waals surface area contributed by atoms with Crippen LogP contribution >= 0.6 is 0 Å². The molecule has 1 aliphatic heterocycles. The molecule has 2 heterocycles. The van der Waals surface area contributed by atoms with Crippen molar-refractivity contribution in [3.63, 3.8) is 0 Å². The van der Waals surface area contributed by atoms with Gasteiger partial charge in [-0.2, -0.15) is 0 Å². The Morgan fingerprint density at radius 1 is 1.37 bits per heavy atom. The van der Waals surface area contributed by atoms with Gasteiger partial charge in [-0.3, -0.25) is 9.59 Å². The quantitative estimate of drug-likeness (QED) is 0.839. The first-order valence-electron chi connectivity index (χ1n) is 9.42. The van der Waals surface area contributed by atoms with Crippen LogP contribution in [-0.4, -0.2) is 47.5 Å². The van der Waals surface area contributed by atoms with Crippen LogP contribution in [0.1, 0.15) is 33.1 Å². The van der Waals surface area contributed by atoms with Crippen LogP contribution in [0.15, 0.2) is 22.6 Å². The Morgan fingerprint density at radius 2 is 2.15 bits per heavy atom. The fourth-order valence-electron chi connectivity index (χ4n) is 4.76. The van der Waals surface area contributed by atoms with Crippen LogP contribution in [0.4, 0.5) is 5.69 Å². The number of ether oxygens (including phenoxy) is 1. The molecular weight excluding hydrogens is 346 g/mol. The topological polar surface area (TPSA) is 84.7 Å². The van der Waals surface area contributed by atoms with Gasteiger partial charge in [0.2, 0.25) is 0 Å². The first-order chi connectivity index (χ1) is 12.8. The molecule has 3 atom stereocenters. The van der Waals surface area contributed by atoms with Crippen LogP contribution in [0, 0.1) is 11.3 Å². The largest absolute Gasteiger partial charge is 0.441 e. The first kappa shape index (κ1) is 18.0. The highest BCUT2D eigenvalue weighted by Gasteiger charge is 2.61. The van der Waals surface area contributed by atoms with Crippen molar-refractivity contribution in [2.75, 3.05) is 19.0 Å². The average Bonchev–Trinajstić information content (AvgIpc) is 3.25. The molecule has 2 aliphatic rings. The number of likely N-dealkylation sites (N-methyl/N-ethyl adjacent to an activating group) is 1. The van der Waals surface area contributed by atoms with E-state index >= 15 is 0 Å². The van der Waals surface area contributed by atoms with E-state index in [1.807, 2.05) is 6.92 Å². The monoisotopic (exact) mass is 371 g/mol. The zero-order valence-corrected chi connectivity index (χ0v) is 16.1. The maximum atomic E-state index is 12.7. The minimum absolute atomic E-state index is 0.00776. The first-order valence-corrected chi connectivity index (χ1v) is 9.42. The zero-order valence-electron chi connectivity index (χ0n) is 16.1. The maximum absolute atomic E-state index is 12.7. The lowest BCUT2D eigenvalue weighted by molar-refractivity contribution is -0.169. The third-order valence-electron chi connectivity index (χ3n) is 5.96. The molecule has 1 aliphatic carbocycles. The summed E-state index contributed by atoms with van der Waals surface area (Å²) in [6, 6.07) is 5.19. The highest BCUT2D eigenvalue weighted by Crippen LogP contribution is 2.54. The number of hydrogen-bond donors (Lipinski definition) is 1. The van der Waals surface area contributed by atoms with Crippen LogP contribution in [-0.2, 0) is 20.7 Å². The predicted octanol–water partition coefficient (Wildman–Crippen LogP) is 2.60. The third-order valence-corrected chi connectivity index (χ3v) is 5.96. The molecule has 0 radical (unpaired) electrons. The number of carbonyl (C=O) groups is 2. The van der Waals surface area contributed by atoms with Gasteiger partial charge in [0.25, 0.3) is 0 Å². The summed E-state index contributed by atoms with van der Waals surface area (Å²) in [6.07, 6.45) is 1.80. The van der Waals surface area contributed by atoms with E-state index in [4.69, 9.17) is 9.15 Å². The van der Waals surface area contributed by atoms with Gasteiger partial charge in [-0.1, -0.05) is 20.8 Å². The fourth-order valence-corrected chi connectivity index (χ4v) is 4.76. The number of aromatic nitrogens is 1. The summed E-state index contributed by atoms with van der Waals surface area (Å²) < 4.78 is 11.3. The number of oxazole rings is 1. The van der Waals surface area contributed by atoms with Crippen molar-refractivity contribution in [1.29, 1.82) is 0 Å². The maximum Gasteiger partial charge on any atom is 0.313 e. The summed E-state index contributed by atoms with van der Waals surface area (Å²) in [7, 11) is 1.71. The summed E-state index contributed by atoms with van der Waals surface area (Å²) in [5.74, 6) is -0.229. The van der Waals surface area contributed by atoms with Crippen LogP contribution in [0.3, 0.4) is 0 Å². The Hall–Kier alpha value is -2.41. The third kappa shape index (κ3) is 2.81. The summed E-state index contributed by atoms with van der Waals surface area (Å²) in [4.78, 5) is 31.2. The molecule has 7 nitrogen and oxygen atoms in total. The number of anilines is 1. The number of fused-ring (bicyclic) bond motifs is 2. The lowest BCUT2D eigenvalue weighted by atomic mass is 9.57. The molecule has 27 heavy (non-hydrogen) atoms. The van der Waals surface area contributed by atoms with Crippen molar-refractivity contribution < 1.29 is 18.7 Å². The molecule has 2 amide bonds. The number of aryl methyl sites for hydroxylation is 1. The van der Waals surface area contributed by atoms with E-state index in [1.54, 1.807) is 30.1 Å². The van der Waals surface area contributed by atoms with Crippen LogP contribution in [0.25, 0.3) is 11.1 Å². The van der Waals surface area contributed by atoms with Crippen molar-refractivity contribution in [2.45, 2.75) is 45.8 Å². The molecule has 0 unspecified atom stereocenters. The lowest BCUT2D eigenvalue weighted by Crippen LogP contribution is -2.67. The standard InChI is InChI=1S/C20H25N3O4/c1-5-15-22-13-10-11(6-7-14(13)27-15)21-18(24)19(25)23(4)16-12-8-9-26-17(12)20(16,2)3/h6-7,10,12,16-17H,5,8-9H2,1-4H3,(H,21,24)/t12-,16+,17+/m0/s1. The molecular formula is C20H25N3O4. The smallest absolute Gasteiger partial charge is 0.313 e. The Balaban J connectivity index is 1.47. The van der Waals surface area contributed by atoms with Crippen LogP contribution in [0.2, 0.25) is 0 Å². The number of rotatable bonds is 3. The number of nitrogens with zero attached hydrogens (tertiary/aromatic N) is 2. The minimum Gasteiger partial charge on any atom is -0.441 e. The van der Waals surface area contributed by atoms with E-state index in [0.29, 0.717) is 35.0 Å². The minimum atomic E-state index is -0.644. The molecule has 2 aromatic rings. The van der Waals surface area contributed by atoms with Crippen LogP contribution < -0.4 is 5.32 Å². The highest BCUT2D eigenvalue weighted by molar-refractivity contribution is 6.39. The van der Waals surface area contributed by atoms with E-state index in [-0.39, 0.29) is 17.6 Å². The molecule has 0 spiro atoms. The van der Waals surface area contributed by atoms with Crippen LogP contribution in [0.5, 0.6) is 0 Å². The normalized spacial score (nSPS) is 25.7. The van der Waals surface area contributed by atoms with E-state index in [1.165, 1.54) is 0 Å². The Kier molecular flexibility index (Phi) is 4.22. The Morgan fingerprint density at radius 3 is 2.89 bits per heavy atom. The van der Waals surface area contributed by atoms with E-state index in [0.717, 1.165) is 13.0 Å². The van der Waals surface area contributed by atoms with Gasteiger partial charge in [-0.25, -0.2) is 4.98 Å². The fraction of sp³-hybridized carbons (Fsp3) is 0.550. The Labute approximate surface area is 158 Å². The van der Waals surface area contributed by atoms with Gasteiger partial charge in [0, 0.05) is 43.1 Å². The molecule has 4 rings (SSSR count). The molecule has 1 saturated carbocycles. The van der Waals surface area contributed by atoms with Crippen molar-refractivity contribution in [3.8, 4) is 0 Å². The SMILES string of the molecule is CCc1nc2cc(NC(=O)C(=O)N(C)[C@@H]3[C@@H]4CCO[C@H]4C3(C)C)ccc2o1. The van der Waals surface area contributed by atoms with Crippen molar-refractivity contribution in [2.24, 2.45) is 11.3 Å². The molecule has 2 fully saturated rings. The predicted molar refractivity (Wildman–Crippen MR) is 100 cm³/mol. The number of nitrogens with one attached hydrogen (secondary N) is 1. The number of amides is 2. The van der Waals surface area contributed by atoms with Gasteiger partial charge in [-0.05, 0) is 24.6 Å². The van der Waals surface area contributed by atoms with Gasteiger partial charge >= 0.3 is 11.8 Å². The van der Waals surface area contributed by atoms with Gasteiger partial charge in [-0.15, -0.1) is 0 Å². The summed E-state index contributed by atoms with van der Waals surface area (Å²) in [6.45, 7) is 6.87.